The molecule has 20 heavy (non-hydrogen) atoms. The molecule has 1 aliphatic carbocycles. The Morgan fingerprint density at radius 3 is 2.60 bits per heavy atom. The first kappa shape index (κ1) is 12.0. The molecule has 2 heteroatoms. The van der Waals surface area contributed by atoms with E-state index >= 15 is 0 Å². The number of aliphatic hydroxyl groups excluding tert-OH is 1. The first-order valence-corrected chi connectivity index (χ1v) is 7.42. The molecule has 0 amide bonds. The Labute approximate surface area is 119 Å². The molecule has 102 valence electrons. The average Bonchev–Trinajstić information content (AvgIpc) is 2.47. The van der Waals surface area contributed by atoms with Crippen LogP contribution >= 0.6 is 0 Å². The number of hydrogen-bond acceptors (Lipinski definition) is 2. The smallest absolute Gasteiger partial charge is 0.0826 e. The zero-order valence-electron chi connectivity index (χ0n) is 11.5. The summed E-state index contributed by atoms with van der Waals surface area (Å²) >= 11 is 0. The highest BCUT2D eigenvalue weighted by Crippen LogP contribution is 2.39. The topological polar surface area (TPSA) is 23.5 Å². The fourth-order valence-electron chi connectivity index (χ4n) is 3.59. The highest BCUT2D eigenvalue weighted by molar-refractivity contribution is 5.57. The summed E-state index contributed by atoms with van der Waals surface area (Å²) in [7, 11) is 0. The van der Waals surface area contributed by atoms with E-state index in [1.165, 1.54) is 23.2 Å². The molecular formula is C18H19NO. The second kappa shape index (κ2) is 4.64. The SMILES string of the molecule is OC1CCN(CC2Cc3ccccc32)c2ccccc21. The maximum absolute atomic E-state index is 10.1. The Balaban J connectivity index is 1.58. The van der Waals surface area contributed by atoms with Crippen LogP contribution in [0.4, 0.5) is 5.69 Å². The Bertz CT molecular complexity index is 637. The van der Waals surface area contributed by atoms with E-state index in [2.05, 4.69) is 47.4 Å². The molecule has 2 unspecified atom stereocenters. The lowest BCUT2D eigenvalue weighted by molar-refractivity contribution is 0.164. The molecule has 0 spiro atoms. The quantitative estimate of drug-likeness (QED) is 0.901. The van der Waals surface area contributed by atoms with Crippen LogP contribution in [0.1, 0.15) is 35.1 Å². The van der Waals surface area contributed by atoms with E-state index in [4.69, 9.17) is 0 Å². The van der Waals surface area contributed by atoms with Gasteiger partial charge in [0, 0.05) is 30.3 Å². The molecule has 1 heterocycles. The van der Waals surface area contributed by atoms with Gasteiger partial charge in [-0.2, -0.15) is 0 Å². The molecule has 0 aromatic heterocycles. The molecule has 0 bridgehead atoms. The van der Waals surface area contributed by atoms with Gasteiger partial charge in [-0.3, -0.25) is 0 Å². The highest BCUT2D eigenvalue weighted by Gasteiger charge is 2.30. The highest BCUT2D eigenvalue weighted by atomic mass is 16.3. The van der Waals surface area contributed by atoms with E-state index in [9.17, 15) is 5.11 Å². The van der Waals surface area contributed by atoms with E-state index in [0.29, 0.717) is 5.92 Å². The van der Waals surface area contributed by atoms with Crippen LogP contribution in [0.15, 0.2) is 48.5 Å². The lowest BCUT2D eigenvalue weighted by Crippen LogP contribution is -2.37. The van der Waals surface area contributed by atoms with Gasteiger partial charge >= 0.3 is 0 Å². The number of anilines is 1. The number of para-hydroxylation sites is 1. The summed E-state index contributed by atoms with van der Waals surface area (Å²) in [5, 5.41) is 10.1. The number of benzene rings is 2. The third kappa shape index (κ3) is 1.83. The van der Waals surface area contributed by atoms with Crippen LogP contribution in [0.2, 0.25) is 0 Å². The maximum Gasteiger partial charge on any atom is 0.0826 e. The molecule has 1 aliphatic heterocycles. The lowest BCUT2D eigenvalue weighted by Gasteiger charge is -2.39. The largest absolute Gasteiger partial charge is 0.388 e. The number of fused-ring (bicyclic) bond motifs is 2. The fourth-order valence-corrected chi connectivity index (χ4v) is 3.59. The van der Waals surface area contributed by atoms with Gasteiger partial charge in [0.15, 0.2) is 0 Å². The van der Waals surface area contributed by atoms with E-state index < -0.39 is 0 Å². The van der Waals surface area contributed by atoms with Gasteiger partial charge in [0.1, 0.15) is 0 Å². The zero-order chi connectivity index (χ0) is 13.5. The number of aliphatic hydroxyl groups is 1. The summed E-state index contributed by atoms with van der Waals surface area (Å²) in [6.07, 6.45) is 1.74. The molecule has 2 atom stereocenters. The minimum atomic E-state index is -0.295. The van der Waals surface area contributed by atoms with Crippen molar-refractivity contribution in [1.82, 2.24) is 0 Å². The van der Waals surface area contributed by atoms with Gasteiger partial charge in [0.25, 0.3) is 0 Å². The van der Waals surface area contributed by atoms with Crippen LogP contribution in [0.3, 0.4) is 0 Å². The summed E-state index contributed by atoms with van der Waals surface area (Å²) in [6, 6.07) is 17.0. The summed E-state index contributed by atoms with van der Waals surface area (Å²) in [5.74, 6) is 0.648. The minimum absolute atomic E-state index is 0.295. The van der Waals surface area contributed by atoms with Crippen molar-refractivity contribution in [1.29, 1.82) is 0 Å². The van der Waals surface area contributed by atoms with Crippen molar-refractivity contribution >= 4 is 5.69 Å². The van der Waals surface area contributed by atoms with E-state index in [1.807, 2.05) is 6.07 Å². The van der Waals surface area contributed by atoms with Crippen molar-refractivity contribution in [3.63, 3.8) is 0 Å². The van der Waals surface area contributed by atoms with Gasteiger partial charge in [-0.25, -0.2) is 0 Å². The monoisotopic (exact) mass is 265 g/mol. The summed E-state index contributed by atoms with van der Waals surface area (Å²) in [6.45, 7) is 2.03. The summed E-state index contributed by atoms with van der Waals surface area (Å²) < 4.78 is 0. The lowest BCUT2D eigenvalue weighted by atomic mass is 9.77. The van der Waals surface area contributed by atoms with Gasteiger partial charge in [0.05, 0.1) is 6.10 Å². The summed E-state index contributed by atoms with van der Waals surface area (Å²) in [5.41, 5.74) is 5.32. The van der Waals surface area contributed by atoms with E-state index in [1.54, 1.807) is 0 Å². The average molecular weight is 265 g/mol. The predicted molar refractivity (Wildman–Crippen MR) is 81.1 cm³/mol. The number of rotatable bonds is 2. The Morgan fingerprint density at radius 1 is 1.00 bits per heavy atom. The van der Waals surface area contributed by atoms with Crippen LogP contribution in [-0.4, -0.2) is 18.2 Å². The van der Waals surface area contributed by atoms with Crippen LogP contribution < -0.4 is 4.90 Å². The van der Waals surface area contributed by atoms with Crippen LogP contribution in [0.25, 0.3) is 0 Å². The molecule has 2 nitrogen and oxygen atoms in total. The van der Waals surface area contributed by atoms with Gasteiger partial charge in [-0.05, 0) is 30.0 Å². The Morgan fingerprint density at radius 2 is 1.75 bits per heavy atom. The molecule has 1 N–H and O–H groups in total. The third-order valence-electron chi connectivity index (χ3n) is 4.71. The zero-order valence-corrected chi connectivity index (χ0v) is 11.5. The molecule has 0 saturated carbocycles. The second-order valence-corrected chi connectivity index (χ2v) is 5.91. The normalized spacial score (nSPS) is 23.8. The molecule has 2 aliphatic rings. The number of nitrogens with zero attached hydrogens (tertiary/aromatic N) is 1. The van der Waals surface area contributed by atoms with Crippen molar-refractivity contribution in [3.8, 4) is 0 Å². The molecular weight excluding hydrogens is 246 g/mol. The number of hydrogen-bond donors (Lipinski definition) is 1. The molecule has 0 radical (unpaired) electrons. The van der Waals surface area contributed by atoms with E-state index in [0.717, 1.165) is 25.1 Å². The van der Waals surface area contributed by atoms with Crippen LogP contribution in [0.5, 0.6) is 0 Å². The van der Waals surface area contributed by atoms with Crippen molar-refractivity contribution < 1.29 is 5.11 Å². The van der Waals surface area contributed by atoms with Gasteiger partial charge in [-0.1, -0.05) is 42.5 Å². The maximum atomic E-state index is 10.1. The molecule has 0 fully saturated rings. The molecule has 2 aromatic rings. The fraction of sp³-hybridized carbons (Fsp3) is 0.333. The third-order valence-corrected chi connectivity index (χ3v) is 4.71. The van der Waals surface area contributed by atoms with Gasteiger partial charge in [0.2, 0.25) is 0 Å². The second-order valence-electron chi connectivity index (χ2n) is 5.91. The van der Waals surface area contributed by atoms with Crippen LogP contribution in [-0.2, 0) is 6.42 Å². The predicted octanol–water partition coefficient (Wildman–Crippen LogP) is 3.27. The van der Waals surface area contributed by atoms with Crippen molar-refractivity contribution in [2.24, 2.45) is 0 Å². The minimum Gasteiger partial charge on any atom is -0.388 e. The Hall–Kier alpha value is -1.80. The summed E-state index contributed by atoms with van der Waals surface area (Å²) in [4.78, 5) is 2.45. The van der Waals surface area contributed by atoms with Crippen molar-refractivity contribution in [3.05, 3.63) is 65.2 Å². The molecule has 4 rings (SSSR count). The van der Waals surface area contributed by atoms with Gasteiger partial charge < -0.3 is 10.0 Å². The Kier molecular flexibility index (Phi) is 2.78. The first-order chi connectivity index (χ1) is 9.83. The van der Waals surface area contributed by atoms with Crippen molar-refractivity contribution in [2.45, 2.75) is 24.9 Å². The van der Waals surface area contributed by atoms with E-state index in [-0.39, 0.29) is 6.10 Å². The van der Waals surface area contributed by atoms with Gasteiger partial charge in [-0.15, -0.1) is 0 Å². The molecule has 2 aromatic carbocycles. The van der Waals surface area contributed by atoms with Crippen LogP contribution in [0, 0.1) is 0 Å². The molecule has 0 saturated heterocycles. The van der Waals surface area contributed by atoms with Crippen molar-refractivity contribution in [2.75, 3.05) is 18.0 Å². The standard InChI is InChI=1S/C18H19NO/c20-18-9-10-19(17-8-4-3-7-16(17)18)12-14-11-13-5-1-2-6-15(13)14/h1-8,14,18,20H,9-12H2. The first-order valence-electron chi connectivity index (χ1n) is 7.42.